The number of nitrogens with zero attached hydrogens (tertiary/aromatic N) is 1. The van der Waals surface area contributed by atoms with Crippen LogP contribution >= 0.6 is 51.3 Å². The molecule has 2 aromatic rings. The van der Waals surface area contributed by atoms with Crippen LogP contribution in [-0.2, 0) is 11.2 Å². The van der Waals surface area contributed by atoms with Crippen molar-refractivity contribution >= 4 is 68.1 Å². The molecule has 0 aromatic heterocycles. The molecule has 1 fully saturated rings. The lowest BCUT2D eigenvalue weighted by molar-refractivity contribution is -0.121. The number of amides is 1. The molecule has 124 valence electrons. The minimum Gasteiger partial charge on any atom is -0.348 e. The zero-order valence-corrected chi connectivity index (χ0v) is 16.6. The number of nitrogens with one attached hydrogen (secondary N) is 1. The monoisotopic (exact) mass is 442 g/mol. The summed E-state index contributed by atoms with van der Waals surface area (Å²) in [6.45, 7) is 1.84. The standard InChI is InChI=1S/C17H13BrCl2N2OS/c1-17(9-10-2-4-11(18)5-3-10)15(23)22(16(24)21-17)14-7-12(19)6-13(20)8-14/h2-8H,9H2,1H3,(H,21,24). The molecule has 0 radical (unpaired) electrons. The number of rotatable bonds is 3. The topological polar surface area (TPSA) is 32.3 Å². The summed E-state index contributed by atoms with van der Waals surface area (Å²) in [5.41, 5.74) is 0.782. The third-order valence-electron chi connectivity index (χ3n) is 3.84. The van der Waals surface area contributed by atoms with Crippen LogP contribution < -0.4 is 10.2 Å². The summed E-state index contributed by atoms with van der Waals surface area (Å²) in [7, 11) is 0. The van der Waals surface area contributed by atoms with Crippen LogP contribution in [0.2, 0.25) is 10.0 Å². The Balaban J connectivity index is 1.91. The first-order valence-electron chi connectivity index (χ1n) is 7.16. The molecular weight excluding hydrogens is 431 g/mol. The minimum absolute atomic E-state index is 0.131. The van der Waals surface area contributed by atoms with Crippen molar-refractivity contribution in [2.75, 3.05) is 4.90 Å². The number of carbonyl (C=O) groups is 1. The molecule has 1 unspecified atom stereocenters. The van der Waals surface area contributed by atoms with E-state index in [9.17, 15) is 4.79 Å². The van der Waals surface area contributed by atoms with Crippen molar-refractivity contribution in [2.45, 2.75) is 18.9 Å². The molecule has 1 aliphatic rings. The Kier molecular flexibility index (Phi) is 4.89. The summed E-state index contributed by atoms with van der Waals surface area (Å²) < 4.78 is 0.993. The first-order chi connectivity index (χ1) is 11.3. The number of hydrogen-bond donors (Lipinski definition) is 1. The van der Waals surface area contributed by atoms with E-state index in [0.717, 1.165) is 10.0 Å². The van der Waals surface area contributed by atoms with E-state index in [1.54, 1.807) is 18.2 Å². The fraction of sp³-hybridized carbons (Fsp3) is 0.176. The van der Waals surface area contributed by atoms with Crippen molar-refractivity contribution < 1.29 is 4.79 Å². The van der Waals surface area contributed by atoms with E-state index in [2.05, 4.69) is 21.2 Å². The van der Waals surface area contributed by atoms with Crippen LogP contribution in [-0.4, -0.2) is 16.6 Å². The highest BCUT2D eigenvalue weighted by Gasteiger charge is 2.46. The molecule has 0 bridgehead atoms. The average Bonchev–Trinajstić information content (AvgIpc) is 2.70. The van der Waals surface area contributed by atoms with Crippen molar-refractivity contribution in [1.29, 1.82) is 0 Å². The minimum atomic E-state index is -0.820. The molecule has 1 aliphatic heterocycles. The maximum Gasteiger partial charge on any atom is 0.259 e. The predicted octanol–water partition coefficient (Wildman–Crippen LogP) is 4.98. The molecule has 7 heteroatoms. The molecule has 3 rings (SSSR count). The lowest BCUT2D eigenvalue weighted by atomic mass is 9.93. The second kappa shape index (κ2) is 6.64. The quantitative estimate of drug-likeness (QED) is 0.679. The van der Waals surface area contributed by atoms with Gasteiger partial charge >= 0.3 is 0 Å². The zero-order valence-electron chi connectivity index (χ0n) is 12.6. The van der Waals surface area contributed by atoms with Crippen molar-refractivity contribution in [3.05, 3.63) is 62.5 Å². The molecule has 1 atom stereocenters. The molecule has 1 heterocycles. The van der Waals surface area contributed by atoms with Gasteiger partial charge in [-0.15, -0.1) is 0 Å². The maximum atomic E-state index is 13.0. The number of thiocarbonyl (C=S) groups is 1. The van der Waals surface area contributed by atoms with Gasteiger partial charge in [0.05, 0.1) is 5.69 Å². The van der Waals surface area contributed by atoms with Crippen molar-refractivity contribution in [2.24, 2.45) is 0 Å². The van der Waals surface area contributed by atoms with Gasteiger partial charge < -0.3 is 5.32 Å². The van der Waals surface area contributed by atoms with Crippen LogP contribution in [0.25, 0.3) is 0 Å². The largest absolute Gasteiger partial charge is 0.348 e. The molecule has 3 nitrogen and oxygen atoms in total. The summed E-state index contributed by atoms with van der Waals surface area (Å²) in [6.07, 6.45) is 0.518. The third-order valence-corrected chi connectivity index (χ3v) is 5.09. The SMILES string of the molecule is CC1(Cc2ccc(Br)cc2)NC(=S)N(c2cc(Cl)cc(Cl)c2)C1=O. The van der Waals surface area contributed by atoms with Crippen LogP contribution in [0.15, 0.2) is 46.9 Å². The highest BCUT2D eigenvalue weighted by molar-refractivity contribution is 9.10. The second-order valence-electron chi connectivity index (χ2n) is 5.83. The van der Waals surface area contributed by atoms with Crippen LogP contribution in [0, 0.1) is 0 Å². The van der Waals surface area contributed by atoms with E-state index in [1.807, 2.05) is 31.2 Å². The Hall–Kier alpha value is -1.14. The molecule has 1 amide bonds. The summed E-state index contributed by atoms with van der Waals surface area (Å²) in [5.74, 6) is -0.131. The summed E-state index contributed by atoms with van der Waals surface area (Å²) in [5, 5.41) is 4.39. The van der Waals surface area contributed by atoms with Gasteiger partial charge in [-0.2, -0.15) is 0 Å². The van der Waals surface area contributed by atoms with E-state index >= 15 is 0 Å². The van der Waals surface area contributed by atoms with Crippen LogP contribution in [0.5, 0.6) is 0 Å². The Morgan fingerprint density at radius 3 is 2.33 bits per heavy atom. The molecule has 0 aliphatic carbocycles. The van der Waals surface area contributed by atoms with Crippen LogP contribution in [0.1, 0.15) is 12.5 Å². The highest BCUT2D eigenvalue weighted by atomic mass is 79.9. The zero-order chi connectivity index (χ0) is 17.5. The van der Waals surface area contributed by atoms with E-state index in [1.165, 1.54) is 4.90 Å². The van der Waals surface area contributed by atoms with Gasteiger partial charge in [0.15, 0.2) is 5.11 Å². The summed E-state index contributed by atoms with van der Waals surface area (Å²) >= 11 is 20.9. The van der Waals surface area contributed by atoms with Gasteiger partial charge in [-0.3, -0.25) is 9.69 Å². The van der Waals surface area contributed by atoms with Gasteiger partial charge in [-0.1, -0.05) is 51.3 Å². The Labute approximate surface area is 164 Å². The van der Waals surface area contributed by atoms with Crippen molar-refractivity contribution in [1.82, 2.24) is 5.32 Å². The Morgan fingerprint density at radius 1 is 1.17 bits per heavy atom. The molecule has 24 heavy (non-hydrogen) atoms. The van der Waals surface area contributed by atoms with Gasteiger partial charge in [0.25, 0.3) is 5.91 Å². The van der Waals surface area contributed by atoms with Crippen LogP contribution in [0.3, 0.4) is 0 Å². The fourth-order valence-electron chi connectivity index (χ4n) is 2.72. The third kappa shape index (κ3) is 3.45. The maximum absolute atomic E-state index is 13.0. The lowest BCUT2D eigenvalue weighted by Crippen LogP contribution is -2.46. The molecule has 2 aromatic carbocycles. The smallest absolute Gasteiger partial charge is 0.259 e. The Bertz CT molecular complexity index is 808. The second-order valence-corrected chi connectivity index (χ2v) is 8.01. The van der Waals surface area contributed by atoms with Crippen molar-refractivity contribution in [3.8, 4) is 0 Å². The number of benzene rings is 2. The highest BCUT2D eigenvalue weighted by Crippen LogP contribution is 2.31. The van der Waals surface area contributed by atoms with Gasteiger partial charge in [0, 0.05) is 20.9 Å². The molecule has 0 saturated carbocycles. The van der Waals surface area contributed by atoms with Crippen molar-refractivity contribution in [3.63, 3.8) is 0 Å². The van der Waals surface area contributed by atoms with Crippen LogP contribution in [0.4, 0.5) is 5.69 Å². The normalized spacial score (nSPS) is 20.4. The first-order valence-corrected chi connectivity index (χ1v) is 9.11. The number of carbonyl (C=O) groups excluding carboxylic acids is 1. The predicted molar refractivity (Wildman–Crippen MR) is 106 cm³/mol. The average molecular weight is 444 g/mol. The first kappa shape index (κ1) is 17.7. The number of anilines is 1. The van der Waals surface area contributed by atoms with E-state index < -0.39 is 5.54 Å². The van der Waals surface area contributed by atoms with E-state index in [-0.39, 0.29) is 5.91 Å². The fourth-order valence-corrected chi connectivity index (χ4v) is 3.91. The molecular formula is C17H13BrCl2N2OS. The van der Waals surface area contributed by atoms with Gasteiger partial charge in [-0.25, -0.2) is 0 Å². The molecule has 0 spiro atoms. The number of halogens is 3. The van der Waals surface area contributed by atoms with E-state index in [0.29, 0.717) is 27.3 Å². The summed E-state index contributed by atoms with van der Waals surface area (Å²) in [4.78, 5) is 14.5. The summed E-state index contributed by atoms with van der Waals surface area (Å²) in [6, 6.07) is 12.8. The Morgan fingerprint density at radius 2 is 1.75 bits per heavy atom. The van der Waals surface area contributed by atoms with Gasteiger partial charge in [0.1, 0.15) is 5.54 Å². The lowest BCUT2D eigenvalue weighted by Gasteiger charge is -2.22. The van der Waals surface area contributed by atoms with Gasteiger partial charge in [0.2, 0.25) is 0 Å². The van der Waals surface area contributed by atoms with Gasteiger partial charge in [-0.05, 0) is 55.0 Å². The molecule has 1 N–H and O–H groups in total. The number of hydrogen-bond acceptors (Lipinski definition) is 2. The molecule has 1 saturated heterocycles. The van der Waals surface area contributed by atoms with E-state index in [4.69, 9.17) is 35.4 Å².